The molecule has 2 atom stereocenters. The predicted octanol–water partition coefficient (Wildman–Crippen LogP) is 3.05. The number of carbonyl (C=O) groups excluding carboxylic acids is 1. The van der Waals surface area contributed by atoms with Crippen molar-refractivity contribution < 1.29 is 9.18 Å². The second-order valence-corrected chi connectivity index (χ2v) is 7.23. The van der Waals surface area contributed by atoms with Crippen LogP contribution in [-0.2, 0) is 4.79 Å². The fourth-order valence-electron chi connectivity index (χ4n) is 3.51. The van der Waals surface area contributed by atoms with E-state index in [1.54, 1.807) is 12.1 Å². The minimum atomic E-state index is -0.331. The summed E-state index contributed by atoms with van der Waals surface area (Å²) in [5.41, 5.74) is 0.594. The quantitative estimate of drug-likeness (QED) is 0.793. The van der Waals surface area contributed by atoms with Crippen LogP contribution in [0.5, 0.6) is 0 Å². The minimum absolute atomic E-state index is 0.201. The molecule has 3 rings (SSSR count). The van der Waals surface area contributed by atoms with Crippen molar-refractivity contribution in [3.63, 3.8) is 0 Å². The number of nitrogens with zero attached hydrogens (tertiary/aromatic N) is 2. The Kier molecular flexibility index (Phi) is 3.42. The largest absolute Gasteiger partial charge is 0.367 e. The summed E-state index contributed by atoms with van der Waals surface area (Å²) in [7, 11) is 0. The lowest BCUT2D eigenvalue weighted by molar-refractivity contribution is -0.143. The van der Waals surface area contributed by atoms with E-state index in [1.165, 1.54) is 6.07 Å². The maximum absolute atomic E-state index is 13.4. The van der Waals surface area contributed by atoms with Crippen LogP contribution in [0.2, 0.25) is 0 Å². The van der Waals surface area contributed by atoms with Crippen molar-refractivity contribution in [3.8, 4) is 0 Å². The summed E-state index contributed by atoms with van der Waals surface area (Å²) >= 11 is 0. The first kappa shape index (κ1) is 14.4. The number of rotatable bonds is 1. The molecule has 1 aromatic rings. The molecular weight excluding hydrogens is 267 g/mol. The Balaban J connectivity index is 1.79. The lowest BCUT2D eigenvalue weighted by Gasteiger charge is -2.44. The monoisotopic (exact) mass is 290 g/mol. The standard InChI is InChI=1S/C17H23FN2O/c1-17(2,3)16(21)20-14-7-8-15(20)11-19(10-14)13-6-4-5-12(18)9-13/h4-6,9,14-15H,7-8,10-11H2,1-3H3. The number of halogens is 1. The summed E-state index contributed by atoms with van der Waals surface area (Å²) < 4.78 is 13.4. The molecule has 3 nitrogen and oxygen atoms in total. The van der Waals surface area contributed by atoms with Gasteiger partial charge in [-0.1, -0.05) is 26.8 Å². The van der Waals surface area contributed by atoms with E-state index in [4.69, 9.17) is 0 Å². The smallest absolute Gasteiger partial charge is 0.228 e. The van der Waals surface area contributed by atoms with Gasteiger partial charge in [0.2, 0.25) is 5.91 Å². The molecule has 0 aliphatic carbocycles. The maximum Gasteiger partial charge on any atom is 0.228 e. The summed E-state index contributed by atoms with van der Waals surface area (Å²) in [5.74, 6) is 0.0435. The summed E-state index contributed by atoms with van der Waals surface area (Å²) in [4.78, 5) is 16.9. The van der Waals surface area contributed by atoms with Gasteiger partial charge in [0.25, 0.3) is 0 Å². The fourth-order valence-corrected chi connectivity index (χ4v) is 3.51. The van der Waals surface area contributed by atoms with Crippen LogP contribution in [-0.4, -0.2) is 36.0 Å². The number of carbonyl (C=O) groups is 1. The second kappa shape index (κ2) is 5.00. The third-order valence-electron chi connectivity index (χ3n) is 4.53. The van der Waals surface area contributed by atoms with Crippen molar-refractivity contribution in [2.24, 2.45) is 5.41 Å². The molecule has 0 saturated carbocycles. The van der Waals surface area contributed by atoms with Crippen LogP contribution in [0.3, 0.4) is 0 Å². The van der Waals surface area contributed by atoms with Crippen molar-refractivity contribution in [1.82, 2.24) is 4.90 Å². The van der Waals surface area contributed by atoms with E-state index >= 15 is 0 Å². The second-order valence-electron chi connectivity index (χ2n) is 7.23. The number of anilines is 1. The molecule has 2 fully saturated rings. The van der Waals surface area contributed by atoms with Gasteiger partial charge in [-0.25, -0.2) is 4.39 Å². The number of piperazine rings is 1. The van der Waals surface area contributed by atoms with Crippen LogP contribution in [0.4, 0.5) is 10.1 Å². The molecule has 2 aliphatic rings. The van der Waals surface area contributed by atoms with Gasteiger partial charge in [-0.3, -0.25) is 4.79 Å². The number of benzene rings is 1. The molecule has 2 aliphatic heterocycles. The van der Waals surface area contributed by atoms with E-state index in [-0.39, 0.29) is 29.2 Å². The lowest BCUT2D eigenvalue weighted by atomic mass is 9.93. The summed E-state index contributed by atoms with van der Waals surface area (Å²) in [6.45, 7) is 7.55. The molecule has 21 heavy (non-hydrogen) atoms. The minimum Gasteiger partial charge on any atom is -0.367 e. The van der Waals surface area contributed by atoms with E-state index in [0.717, 1.165) is 31.6 Å². The van der Waals surface area contributed by atoms with E-state index in [0.29, 0.717) is 0 Å². The Morgan fingerprint density at radius 2 is 1.81 bits per heavy atom. The van der Waals surface area contributed by atoms with Crippen LogP contribution in [0.25, 0.3) is 0 Å². The molecule has 2 unspecified atom stereocenters. The van der Waals surface area contributed by atoms with Gasteiger partial charge < -0.3 is 9.80 Å². The average molecular weight is 290 g/mol. The van der Waals surface area contributed by atoms with Crippen LogP contribution >= 0.6 is 0 Å². The first-order valence-corrected chi connectivity index (χ1v) is 7.69. The number of fused-ring (bicyclic) bond motifs is 2. The third kappa shape index (κ3) is 2.63. The van der Waals surface area contributed by atoms with E-state index in [9.17, 15) is 9.18 Å². The van der Waals surface area contributed by atoms with Crippen LogP contribution in [0, 0.1) is 11.2 Å². The van der Waals surface area contributed by atoms with Gasteiger partial charge in [0.15, 0.2) is 0 Å². The lowest BCUT2D eigenvalue weighted by Crippen LogP contribution is -2.58. The van der Waals surface area contributed by atoms with Crippen molar-refractivity contribution >= 4 is 11.6 Å². The topological polar surface area (TPSA) is 23.6 Å². The number of hydrogen-bond acceptors (Lipinski definition) is 2. The Morgan fingerprint density at radius 3 is 2.33 bits per heavy atom. The number of hydrogen-bond donors (Lipinski definition) is 0. The van der Waals surface area contributed by atoms with Crippen molar-refractivity contribution in [3.05, 3.63) is 30.1 Å². The first-order valence-electron chi connectivity index (χ1n) is 7.69. The predicted molar refractivity (Wildman–Crippen MR) is 81.7 cm³/mol. The molecular formula is C17H23FN2O. The molecule has 2 heterocycles. The highest BCUT2D eigenvalue weighted by Crippen LogP contribution is 2.35. The van der Waals surface area contributed by atoms with E-state index < -0.39 is 0 Å². The average Bonchev–Trinajstić information content (AvgIpc) is 2.66. The van der Waals surface area contributed by atoms with Crippen molar-refractivity contribution in [2.75, 3.05) is 18.0 Å². The molecule has 0 radical (unpaired) electrons. The molecule has 114 valence electrons. The van der Waals surface area contributed by atoms with Gasteiger partial charge >= 0.3 is 0 Å². The molecule has 1 amide bonds. The summed E-state index contributed by atoms with van der Waals surface area (Å²) in [6.07, 6.45) is 2.11. The van der Waals surface area contributed by atoms with E-state index in [1.807, 2.05) is 26.8 Å². The molecule has 4 heteroatoms. The highest BCUT2D eigenvalue weighted by molar-refractivity contribution is 5.83. The summed E-state index contributed by atoms with van der Waals surface area (Å²) in [6, 6.07) is 7.28. The van der Waals surface area contributed by atoms with Crippen LogP contribution in [0.15, 0.2) is 24.3 Å². The highest BCUT2D eigenvalue weighted by atomic mass is 19.1. The zero-order valence-electron chi connectivity index (χ0n) is 13.0. The molecule has 0 aromatic heterocycles. The zero-order chi connectivity index (χ0) is 15.2. The molecule has 0 N–H and O–H groups in total. The molecule has 2 bridgehead atoms. The summed E-state index contributed by atoms with van der Waals surface area (Å²) in [5, 5.41) is 0. The van der Waals surface area contributed by atoms with Gasteiger partial charge in [0.05, 0.1) is 0 Å². The highest BCUT2D eigenvalue weighted by Gasteiger charge is 2.45. The van der Waals surface area contributed by atoms with Gasteiger partial charge in [0.1, 0.15) is 5.82 Å². The van der Waals surface area contributed by atoms with Gasteiger partial charge in [-0.05, 0) is 31.0 Å². The zero-order valence-corrected chi connectivity index (χ0v) is 13.0. The molecule has 2 saturated heterocycles. The molecule has 0 spiro atoms. The Bertz CT molecular complexity index is 538. The fraction of sp³-hybridized carbons (Fsp3) is 0.588. The van der Waals surface area contributed by atoms with Crippen molar-refractivity contribution in [1.29, 1.82) is 0 Å². The Labute approximate surface area is 125 Å². The van der Waals surface area contributed by atoms with Crippen molar-refractivity contribution in [2.45, 2.75) is 45.7 Å². The Hall–Kier alpha value is -1.58. The number of amides is 1. The maximum atomic E-state index is 13.4. The van der Waals surface area contributed by atoms with Gasteiger partial charge in [-0.15, -0.1) is 0 Å². The molecule has 1 aromatic carbocycles. The third-order valence-corrected chi connectivity index (χ3v) is 4.53. The van der Waals surface area contributed by atoms with Crippen LogP contribution < -0.4 is 4.90 Å². The normalized spacial score (nSPS) is 25.3. The van der Waals surface area contributed by atoms with E-state index in [2.05, 4.69) is 9.80 Å². The SMILES string of the molecule is CC(C)(C)C(=O)N1C2CCC1CN(c1cccc(F)c1)C2. The Morgan fingerprint density at radius 1 is 1.19 bits per heavy atom. The first-order chi connectivity index (χ1) is 9.86. The van der Waals surface area contributed by atoms with Crippen LogP contribution in [0.1, 0.15) is 33.6 Å². The van der Waals surface area contributed by atoms with Gasteiger partial charge in [0, 0.05) is 36.3 Å². The van der Waals surface area contributed by atoms with Gasteiger partial charge in [-0.2, -0.15) is 0 Å².